The van der Waals surface area contributed by atoms with Gasteiger partial charge >= 0.3 is 0 Å². The number of Topliss-reactive ketones (excluding diaryl/α,β-unsaturated/α-hetero) is 1. The molecule has 1 aromatic carbocycles. The summed E-state index contributed by atoms with van der Waals surface area (Å²) in [6.07, 6.45) is -0.463. The third kappa shape index (κ3) is 2.04. The predicted molar refractivity (Wildman–Crippen MR) is 75.7 cm³/mol. The molecule has 0 aliphatic carbocycles. The van der Waals surface area contributed by atoms with Gasteiger partial charge in [-0.3, -0.25) is 4.79 Å². The van der Waals surface area contributed by atoms with Crippen LogP contribution in [0.2, 0.25) is 0 Å². The number of benzene rings is 1. The summed E-state index contributed by atoms with van der Waals surface area (Å²) in [4.78, 5) is 13.0. The van der Waals surface area contributed by atoms with Gasteiger partial charge in [-0.25, -0.2) is 0 Å². The fraction of sp³-hybridized carbons (Fsp3) is 0.154. The lowest BCUT2D eigenvalue weighted by atomic mass is 10.1. The van der Waals surface area contributed by atoms with E-state index >= 15 is 0 Å². The van der Waals surface area contributed by atoms with Gasteiger partial charge in [0.15, 0.2) is 6.10 Å². The van der Waals surface area contributed by atoms with Gasteiger partial charge < -0.3 is 10.1 Å². The van der Waals surface area contributed by atoms with Crippen molar-refractivity contribution in [3.05, 3.63) is 45.1 Å². The molecule has 1 unspecified atom stereocenters. The monoisotopic (exact) mass is 323 g/mol. The van der Waals surface area contributed by atoms with E-state index in [-0.39, 0.29) is 5.78 Å². The van der Waals surface area contributed by atoms with Crippen LogP contribution < -0.4 is 10.1 Å². The number of rotatable bonds is 2. The summed E-state index contributed by atoms with van der Waals surface area (Å²) >= 11 is 4.81. The first kappa shape index (κ1) is 11.7. The molecule has 18 heavy (non-hydrogen) atoms. The molecule has 0 spiro atoms. The molecule has 1 atom stereocenters. The van der Waals surface area contributed by atoms with Crippen molar-refractivity contribution in [3.8, 4) is 5.75 Å². The van der Waals surface area contributed by atoms with Crippen molar-refractivity contribution in [2.24, 2.45) is 0 Å². The first-order valence-electron chi connectivity index (χ1n) is 5.52. The normalized spacial score (nSPS) is 17.5. The third-order valence-corrected chi connectivity index (χ3v) is 4.62. The average Bonchev–Trinajstić information content (AvgIpc) is 2.83. The highest BCUT2D eigenvalue weighted by Crippen LogP contribution is 2.31. The zero-order valence-electron chi connectivity index (χ0n) is 9.35. The molecule has 0 saturated carbocycles. The molecular weight excluding hydrogens is 314 g/mol. The number of hydrogen-bond acceptors (Lipinski definition) is 4. The Kier molecular flexibility index (Phi) is 3.09. The van der Waals surface area contributed by atoms with Crippen LogP contribution in [0, 0.1) is 0 Å². The van der Waals surface area contributed by atoms with Gasteiger partial charge in [-0.1, -0.05) is 12.1 Å². The lowest BCUT2D eigenvalue weighted by Gasteiger charge is -2.26. The number of anilines is 1. The molecule has 92 valence electrons. The van der Waals surface area contributed by atoms with E-state index in [1.54, 1.807) is 0 Å². The van der Waals surface area contributed by atoms with Crippen molar-refractivity contribution in [1.29, 1.82) is 0 Å². The molecule has 3 nitrogen and oxygen atoms in total. The topological polar surface area (TPSA) is 38.3 Å². The Balaban J connectivity index is 1.84. The molecule has 0 bridgehead atoms. The molecule has 5 heteroatoms. The van der Waals surface area contributed by atoms with Gasteiger partial charge in [-0.15, -0.1) is 11.3 Å². The Morgan fingerprint density at radius 2 is 2.22 bits per heavy atom. The first-order chi connectivity index (χ1) is 8.75. The molecule has 3 rings (SSSR count). The number of para-hydroxylation sites is 2. The number of nitrogens with one attached hydrogen (secondary N) is 1. The molecule has 1 aromatic heterocycles. The molecule has 1 N–H and O–H groups in total. The van der Waals surface area contributed by atoms with Gasteiger partial charge in [0.25, 0.3) is 0 Å². The van der Waals surface area contributed by atoms with E-state index in [2.05, 4.69) is 21.2 Å². The van der Waals surface area contributed by atoms with Crippen LogP contribution in [0.15, 0.2) is 40.2 Å². The van der Waals surface area contributed by atoms with Crippen LogP contribution in [0.5, 0.6) is 5.75 Å². The second kappa shape index (κ2) is 4.74. The number of halogens is 1. The number of carbonyl (C=O) groups excluding carboxylic acids is 1. The lowest BCUT2D eigenvalue weighted by Crippen LogP contribution is -2.37. The predicted octanol–water partition coefficient (Wildman–Crippen LogP) is 3.57. The van der Waals surface area contributed by atoms with Crippen molar-refractivity contribution >= 4 is 38.7 Å². The SMILES string of the molecule is O=C(c1sccc1Br)C1CNc2ccccc2O1. The Labute approximate surface area is 117 Å². The van der Waals surface area contributed by atoms with Crippen LogP contribution in [0.4, 0.5) is 5.69 Å². The van der Waals surface area contributed by atoms with E-state index in [9.17, 15) is 4.79 Å². The van der Waals surface area contributed by atoms with E-state index in [4.69, 9.17) is 4.74 Å². The van der Waals surface area contributed by atoms with Crippen LogP contribution in [0.25, 0.3) is 0 Å². The Bertz CT molecular complexity index is 596. The standard InChI is InChI=1S/C13H10BrNO2S/c14-8-5-6-18-13(8)12(16)11-7-15-9-3-1-2-4-10(9)17-11/h1-6,11,15H,7H2. The molecule has 0 radical (unpaired) electrons. The van der Waals surface area contributed by atoms with Crippen molar-refractivity contribution in [3.63, 3.8) is 0 Å². The highest BCUT2D eigenvalue weighted by atomic mass is 79.9. The van der Waals surface area contributed by atoms with Gasteiger partial charge in [0.1, 0.15) is 5.75 Å². The van der Waals surface area contributed by atoms with Gasteiger partial charge in [-0.05, 0) is 39.5 Å². The number of ketones is 1. The van der Waals surface area contributed by atoms with Gasteiger partial charge in [-0.2, -0.15) is 0 Å². The fourth-order valence-corrected chi connectivity index (χ4v) is 3.43. The largest absolute Gasteiger partial charge is 0.478 e. The van der Waals surface area contributed by atoms with E-state index < -0.39 is 6.10 Å². The van der Waals surface area contributed by atoms with Crippen molar-refractivity contribution in [2.45, 2.75) is 6.10 Å². The summed E-state index contributed by atoms with van der Waals surface area (Å²) in [6.45, 7) is 0.500. The molecule has 1 aliphatic rings. The number of thiophene rings is 1. The van der Waals surface area contributed by atoms with Crippen LogP contribution in [-0.4, -0.2) is 18.4 Å². The number of fused-ring (bicyclic) bond motifs is 1. The van der Waals surface area contributed by atoms with Crippen LogP contribution >= 0.6 is 27.3 Å². The molecule has 2 aromatic rings. The molecule has 2 heterocycles. The van der Waals surface area contributed by atoms with Crippen molar-refractivity contribution in [2.75, 3.05) is 11.9 Å². The Morgan fingerprint density at radius 3 is 3.00 bits per heavy atom. The molecular formula is C13H10BrNO2S. The Hall–Kier alpha value is -1.33. The zero-order valence-corrected chi connectivity index (χ0v) is 11.8. The minimum absolute atomic E-state index is 0.0129. The number of hydrogen-bond donors (Lipinski definition) is 1. The minimum Gasteiger partial charge on any atom is -0.478 e. The maximum absolute atomic E-state index is 12.3. The van der Waals surface area contributed by atoms with E-state index in [1.165, 1.54) is 11.3 Å². The second-order valence-corrected chi connectivity index (χ2v) is 5.72. The first-order valence-corrected chi connectivity index (χ1v) is 7.20. The lowest BCUT2D eigenvalue weighted by molar-refractivity contribution is 0.0805. The molecule has 1 aliphatic heterocycles. The molecule has 0 amide bonds. The zero-order chi connectivity index (χ0) is 12.5. The van der Waals surface area contributed by atoms with Crippen molar-refractivity contribution in [1.82, 2.24) is 0 Å². The highest BCUT2D eigenvalue weighted by Gasteiger charge is 2.28. The average molecular weight is 324 g/mol. The molecule has 0 fully saturated rings. The quantitative estimate of drug-likeness (QED) is 0.859. The minimum atomic E-state index is -0.463. The maximum Gasteiger partial charge on any atom is 0.216 e. The van der Waals surface area contributed by atoms with Gasteiger partial charge in [0.2, 0.25) is 5.78 Å². The van der Waals surface area contributed by atoms with Crippen molar-refractivity contribution < 1.29 is 9.53 Å². The van der Waals surface area contributed by atoms with E-state index in [0.29, 0.717) is 11.4 Å². The summed E-state index contributed by atoms with van der Waals surface area (Å²) in [5.74, 6) is 0.744. The Morgan fingerprint density at radius 1 is 1.39 bits per heavy atom. The maximum atomic E-state index is 12.3. The number of ether oxygens (including phenoxy) is 1. The number of carbonyl (C=O) groups is 1. The van der Waals surface area contributed by atoms with Gasteiger partial charge in [0, 0.05) is 4.47 Å². The van der Waals surface area contributed by atoms with Crippen LogP contribution in [-0.2, 0) is 0 Å². The fourth-order valence-electron chi connectivity index (χ4n) is 1.88. The van der Waals surface area contributed by atoms with Gasteiger partial charge in [0.05, 0.1) is 17.1 Å². The summed E-state index contributed by atoms with van der Waals surface area (Å²) in [5.41, 5.74) is 0.937. The third-order valence-electron chi connectivity index (χ3n) is 2.77. The molecule has 0 saturated heterocycles. The van der Waals surface area contributed by atoms with E-state index in [0.717, 1.165) is 15.9 Å². The summed E-state index contributed by atoms with van der Waals surface area (Å²) in [7, 11) is 0. The van der Waals surface area contributed by atoms with Crippen LogP contribution in [0.1, 0.15) is 9.67 Å². The van der Waals surface area contributed by atoms with Crippen LogP contribution in [0.3, 0.4) is 0 Å². The summed E-state index contributed by atoms with van der Waals surface area (Å²) in [5, 5.41) is 5.11. The van der Waals surface area contributed by atoms with E-state index in [1.807, 2.05) is 35.7 Å². The summed E-state index contributed by atoms with van der Waals surface area (Å²) in [6, 6.07) is 9.52. The smallest absolute Gasteiger partial charge is 0.216 e. The summed E-state index contributed by atoms with van der Waals surface area (Å²) < 4.78 is 6.58. The second-order valence-electron chi connectivity index (χ2n) is 3.95. The highest BCUT2D eigenvalue weighted by molar-refractivity contribution is 9.10.